The fraction of sp³-hybridized carbons (Fsp3) is 0.278. The van der Waals surface area contributed by atoms with Gasteiger partial charge in [0.15, 0.2) is 0 Å². The lowest BCUT2D eigenvalue weighted by atomic mass is 10.1. The molecule has 0 saturated carbocycles. The highest BCUT2D eigenvalue weighted by Gasteiger charge is 2.20. The van der Waals surface area contributed by atoms with Crippen molar-refractivity contribution in [2.24, 2.45) is 0 Å². The molecule has 2 rings (SSSR count). The molecule has 0 aliphatic carbocycles. The molecule has 0 aliphatic rings. The summed E-state index contributed by atoms with van der Waals surface area (Å²) in [6.45, 7) is 5.53. The van der Waals surface area contributed by atoms with Crippen LogP contribution in [0.3, 0.4) is 0 Å². The second kappa shape index (κ2) is 6.65. The molecular formula is C18H22N2O3S. The molecule has 0 heterocycles. The highest BCUT2D eigenvalue weighted by atomic mass is 32.2. The Morgan fingerprint density at radius 1 is 0.958 bits per heavy atom. The number of amides is 1. The second-order valence-electron chi connectivity index (χ2n) is 6.16. The van der Waals surface area contributed by atoms with Crippen LogP contribution in [0.15, 0.2) is 41.3 Å². The highest BCUT2D eigenvalue weighted by molar-refractivity contribution is 7.92. The van der Waals surface area contributed by atoms with Crippen molar-refractivity contribution in [3.05, 3.63) is 58.7 Å². The third-order valence-corrected chi connectivity index (χ3v) is 5.13. The predicted molar refractivity (Wildman–Crippen MR) is 95.9 cm³/mol. The first kappa shape index (κ1) is 18.0. The first-order valence-electron chi connectivity index (χ1n) is 7.53. The molecular weight excluding hydrogens is 324 g/mol. The quantitative estimate of drug-likeness (QED) is 0.925. The fourth-order valence-electron chi connectivity index (χ4n) is 2.52. The Balaban J connectivity index is 2.45. The molecule has 5 nitrogen and oxygen atoms in total. The van der Waals surface area contributed by atoms with E-state index in [4.69, 9.17) is 0 Å². The maximum atomic E-state index is 12.8. The molecule has 0 saturated heterocycles. The predicted octanol–water partition coefficient (Wildman–Crippen LogP) is 3.11. The molecule has 0 unspecified atom stereocenters. The first-order chi connectivity index (χ1) is 11.1. The summed E-state index contributed by atoms with van der Waals surface area (Å²) in [6, 6.07) is 10.2. The van der Waals surface area contributed by atoms with Crippen LogP contribution < -0.4 is 4.72 Å². The van der Waals surface area contributed by atoms with E-state index in [9.17, 15) is 13.2 Å². The second-order valence-corrected chi connectivity index (χ2v) is 7.81. The average Bonchev–Trinajstić information content (AvgIpc) is 2.45. The molecule has 2 aromatic carbocycles. The molecule has 0 atom stereocenters. The van der Waals surface area contributed by atoms with Gasteiger partial charge in [0.2, 0.25) is 0 Å². The van der Waals surface area contributed by atoms with E-state index in [-0.39, 0.29) is 10.8 Å². The summed E-state index contributed by atoms with van der Waals surface area (Å²) >= 11 is 0. The topological polar surface area (TPSA) is 66.5 Å². The van der Waals surface area contributed by atoms with Crippen molar-refractivity contribution in [2.75, 3.05) is 18.8 Å². The number of hydrogen-bond acceptors (Lipinski definition) is 3. The smallest absolute Gasteiger partial charge is 0.262 e. The summed E-state index contributed by atoms with van der Waals surface area (Å²) in [7, 11) is -0.522. The molecule has 2 aromatic rings. The third kappa shape index (κ3) is 3.94. The standard InChI is InChI=1S/C18H22N2O3S/c1-12-8-13(2)10-16(9-12)19-24(22,23)17-11-15(7-6-14(17)3)18(21)20(4)5/h6-11,19H,1-5H3. The van der Waals surface area contributed by atoms with Crippen molar-refractivity contribution >= 4 is 21.6 Å². The maximum Gasteiger partial charge on any atom is 0.262 e. The Morgan fingerprint density at radius 2 is 1.54 bits per heavy atom. The zero-order valence-corrected chi connectivity index (χ0v) is 15.4. The lowest BCUT2D eigenvalue weighted by Crippen LogP contribution is -2.22. The lowest BCUT2D eigenvalue weighted by molar-refractivity contribution is 0.0827. The van der Waals surface area contributed by atoms with Crippen LogP contribution in [0.4, 0.5) is 5.69 Å². The summed E-state index contributed by atoms with van der Waals surface area (Å²) in [5, 5.41) is 0. The van der Waals surface area contributed by atoms with Crippen LogP contribution in [-0.4, -0.2) is 33.3 Å². The summed E-state index contributed by atoms with van der Waals surface area (Å²) in [5.41, 5.74) is 3.38. The van der Waals surface area contributed by atoms with E-state index < -0.39 is 10.0 Å². The number of carbonyl (C=O) groups excluding carboxylic acids is 1. The van der Waals surface area contributed by atoms with Gasteiger partial charge >= 0.3 is 0 Å². The van der Waals surface area contributed by atoms with Gasteiger partial charge in [-0.1, -0.05) is 12.1 Å². The number of carbonyl (C=O) groups is 1. The van der Waals surface area contributed by atoms with Gasteiger partial charge < -0.3 is 4.90 Å². The third-order valence-electron chi connectivity index (χ3n) is 3.60. The van der Waals surface area contributed by atoms with Crippen molar-refractivity contribution in [1.82, 2.24) is 4.90 Å². The van der Waals surface area contributed by atoms with Gasteiger partial charge in [-0.3, -0.25) is 9.52 Å². The molecule has 0 aromatic heterocycles. The average molecular weight is 346 g/mol. The van der Waals surface area contributed by atoms with E-state index in [0.29, 0.717) is 16.8 Å². The molecule has 0 radical (unpaired) electrons. The molecule has 0 aliphatic heterocycles. The Labute approximate surface area is 143 Å². The van der Waals surface area contributed by atoms with E-state index in [1.165, 1.54) is 11.0 Å². The summed E-state index contributed by atoms with van der Waals surface area (Å²) < 4.78 is 28.1. The molecule has 6 heteroatoms. The van der Waals surface area contributed by atoms with Gasteiger partial charge in [-0.2, -0.15) is 0 Å². The number of nitrogens with zero attached hydrogens (tertiary/aromatic N) is 1. The van der Waals surface area contributed by atoms with E-state index in [1.807, 2.05) is 19.9 Å². The Bertz CT molecular complexity index is 867. The number of anilines is 1. The lowest BCUT2D eigenvalue weighted by Gasteiger charge is -2.14. The van der Waals surface area contributed by atoms with E-state index in [2.05, 4.69) is 4.72 Å². The summed E-state index contributed by atoms with van der Waals surface area (Å²) in [4.78, 5) is 13.6. The maximum absolute atomic E-state index is 12.8. The van der Waals surface area contributed by atoms with Crippen molar-refractivity contribution in [3.8, 4) is 0 Å². The molecule has 0 bridgehead atoms. The highest BCUT2D eigenvalue weighted by Crippen LogP contribution is 2.22. The van der Waals surface area contributed by atoms with Crippen molar-refractivity contribution in [2.45, 2.75) is 25.7 Å². The van der Waals surface area contributed by atoms with E-state index in [0.717, 1.165) is 11.1 Å². The van der Waals surface area contributed by atoms with Crippen molar-refractivity contribution in [3.63, 3.8) is 0 Å². The first-order valence-corrected chi connectivity index (χ1v) is 9.02. The summed E-state index contributed by atoms with van der Waals surface area (Å²) in [5.74, 6) is -0.238. The van der Waals surface area contributed by atoms with Crippen LogP contribution >= 0.6 is 0 Å². The zero-order valence-electron chi connectivity index (χ0n) is 14.5. The molecule has 0 spiro atoms. The minimum Gasteiger partial charge on any atom is -0.345 e. The van der Waals surface area contributed by atoms with Gasteiger partial charge in [-0.25, -0.2) is 8.42 Å². The monoisotopic (exact) mass is 346 g/mol. The normalized spacial score (nSPS) is 11.2. The number of aryl methyl sites for hydroxylation is 3. The van der Waals surface area contributed by atoms with Gasteiger partial charge in [0.1, 0.15) is 0 Å². The van der Waals surface area contributed by atoms with E-state index >= 15 is 0 Å². The van der Waals surface area contributed by atoms with Crippen LogP contribution in [0.5, 0.6) is 0 Å². The molecule has 128 valence electrons. The number of rotatable bonds is 4. The number of nitrogens with one attached hydrogen (secondary N) is 1. The minimum absolute atomic E-state index is 0.106. The van der Waals surface area contributed by atoms with Crippen LogP contribution in [-0.2, 0) is 10.0 Å². The minimum atomic E-state index is -3.78. The van der Waals surface area contributed by atoms with Crippen LogP contribution in [0.2, 0.25) is 0 Å². The van der Waals surface area contributed by atoms with Gasteiger partial charge in [0, 0.05) is 25.3 Å². The zero-order chi connectivity index (χ0) is 18.1. The molecule has 24 heavy (non-hydrogen) atoms. The SMILES string of the molecule is Cc1cc(C)cc(NS(=O)(=O)c2cc(C(=O)N(C)C)ccc2C)c1. The molecule has 1 amide bonds. The fourth-order valence-corrected chi connectivity index (χ4v) is 3.84. The molecule has 1 N–H and O–H groups in total. The van der Waals surface area contributed by atoms with Crippen molar-refractivity contribution in [1.29, 1.82) is 0 Å². The number of hydrogen-bond donors (Lipinski definition) is 1. The number of benzene rings is 2. The van der Waals surface area contributed by atoms with Gasteiger partial charge in [-0.05, 0) is 61.7 Å². The van der Waals surface area contributed by atoms with Crippen LogP contribution in [0, 0.1) is 20.8 Å². The van der Waals surface area contributed by atoms with Gasteiger partial charge in [0.25, 0.3) is 15.9 Å². The van der Waals surface area contributed by atoms with Gasteiger partial charge in [-0.15, -0.1) is 0 Å². The Morgan fingerprint density at radius 3 is 2.08 bits per heavy atom. The summed E-state index contributed by atoms with van der Waals surface area (Å²) in [6.07, 6.45) is 0. The largest absolute Gasteiger partial charge is 0.345 e. The Kier molecular flexibility index (Phi) is 4.99. The van der Waals surface area contributed by atoms with Crippen LogP contribution in [0.25, 0.3) is 0 Å². The van der Waals surface area contributed by atoms with E-state index in [1.54, 1.807) is 45.3 Å². The number of sulfonamides is 1. The van der Waals surface area contributed by atoms with Crippen LogP contribution in [0.1, 0.15) is 27.0 Å². The van der Waals surface area contributed by atoms with Gasteiger partial charge in [0.05, 0.1) is 4.90 Å². The molecule has 0 fully saturated rings. The van der Waals surface area contributed by atoms with Crippen molar-refractivity contribution < 1.29 is 13.2 Å². The Hall–Kier alpha value is -2.34.